The predicted octanol–water partition coefficient (Wildman–Crippen LogP) is 3.14. The molecule has 6 nitrogen and oxygen atoms in total. The summed E-state index contributed by atoms with van der Waals surface area (Å²) in [4.78, 5) is 30.9. The van der Waals surface area contributed by atoms with Crippen molar-refractivity contribution in [2.24, 2.45) is 5.92 Å². The van der Waals surface area contributed by atoms with Crippen molar-refractivity contribution < 1.29 is 9.59 Å². The number of hydrogen-bond donors (Lipinski definition) is 1. The van der Waals surface area contributed by atoms with E-state index in [2.05, 4.69) is 31.3 Å². The molecule has 0 aromatic heterocycles. The quantitative estimate of drug-likeness (QED) is 0.834. The van der Waals surface area contributed by atoms with Gasteiger partial charge in [-0.3, -0.25) is 0 Å². The molecule has 2 saturated heterocycles. The van der Waals surface area contributed by atoms with Crippen LogP contribution in [-0.4, -0.2) is 65.5 Å². The zero-order valence-corrected chi connectivity index (χ0v) is 16.6. The fraction of sp³-hybridized carbons (Fsp3) is 0.619. The summed E-state index contributed by atoms with van der Waals surface area (Å²) in [6.07, 6.45) is 2.73. The van der Waals surface area contributed by atoms with Gasteiger partial charge >= 0.3 is 12.1 Å². The number of hydrogen-bond acceptors (Lipinski definition) is 2. The Bertz CT molecular complexity index is 626. The molecule has 2 aliphatic rings. The lowest BCUT2D eigenvalue weighted by molar-refractivity contribution is 0.134. The van der Waals surface area contributed by atoms with Gasteiger partial charge in [0.25, 0.3) is 0 Å². The lowest BCUT2D eigenvalue weighted by Gasteiger charge is -2.36. The Balaban J connectivity index is 1.44. The Kier molecular flexibility index (Phi) is 6.58. The number of carbonyl (C=O) groups is 2. The molecule has 1 aromatic carbocycles. The standard InChI is InChI=1S/C21H32N4O2/c1-17(2)8-11-22-20(26)23-12-9-19(10-13-23)25-15-14-24(21(25)27)16-18-6-4-3-5-7-18/h3-7,17,19H,8-16H2,1-2H3,(H,22,26). The van der Waals surface area contributed by atoms with Gasteiger partial charge in [0.15, 0.2) is 0 Å². The lowest BCUT2D eigenvalue weighted by atomic mass is 10.0. The Morgan fingerprint density at radius 3 is 2.48 bits per heavy atom. The minimum atomic E-state index is 0.0348. The number of benzene rings is 1. The number of piperidine rings is 1. The SMILES string of the molecule is CC(C)CCNC(=O)N1CCC(N2CCN(Cc3ccccc3)C2=O)CC1. The minimum absolute atomic E-state index is 0.0348. The van der Waals surface area contributed by atoms with Crippen molar-refractivity contribution in [2.75, 3.05) is 32.7 Å². The van der Waals surface area contributed by atoms with Crippen LogP contribution in [0.5, 0.6) is 0 Å². The maximum Gasteiger partial charge on any atom is 0.320 e. The first-order chi connectivity index (χ1) is 13.0. The van der Waals surface area contributed by atoms with Crippen LogP contribution < -0.4 is 5.32 Å². The summed E-state index contributed by atoms with van der Waals surface area (Å²) >= 11 is 0. The molecule has 2 fully saturated rings. The molecule has 0 bridgehead atoms. The van der Waals surface area contributed by atoms with Crippen LogP contribution in [0.25, 0.3) is 0 Å². The van der Waals surface area contributed by atoms with E-state index in [1.807, 2.05) is 32.9 Å². The highest BCUT2D eigenvalue weighted by molar-refractivity contribution is 5.77. The zero-order chi connectivity index (χ0) is 19.2. The van der Waals surface area contributed by atoms with E-state index >= 15 is 0 Å². The van der Waals surface area contributed by atoms with Crippen molar-refractivity contribution in [3.8, 4) is 0 Å². The third-order valence-corrected chi connectivity index (χ3v) is 5.53. The molecule has 2 heterocycles. The van der Waals surface area contributed by atoms with E-state index in [0.717, 1.165) is 52.0 Å². The minimum Gasteiger partial charge on any atom is -0.338 e. The smallest absolute Gasteiger partial charge is 0.320 e. The molecule has 148 valence electrons. The Morgan fingerprint density at radius 2 is 1.81 bits per heavy atom. The van der Waals surface area contributed by atoms with E-state index in [4.69, 9.17) is 0 Å². The second-order valence-corrected chi connectivity index (χ2v) is 8.02. The normalized spacial score (nSPS) is 18.5. The van der Waals surface area contributed by atoms with Crippen LogP contribution in [0.4, 0.5) is 9.59 Å². The molecule has 0 unspecified atom stereocenters. The van der Waals surface area contributed by atoms with Gasteiger partial charge in [-0.15, -0.1) is 0 Å². The summed E-state index contributed by atoms with van der Waals surface area (Å²) in [5, 5.41) is 3.01. The number of amides is 4. The summed E-state index contributed by atoms with van der Waals surface area (Å²) < 4.78 is 0. The van der Waals surface area contributed by atoms with Gasteiger partial charge in [0.1, 0.15) is 0 Å². The van der Waals surface area contributed by atoms with E-state index in [0.29, 0.717) is 12.5 Å². The van der Waals surface area contributed by atoms with Crippen LogP contribution in [0.1, 0.15) is 38.7 Å². The van der Waals surface area contributed by atoms with Crippen molar-refractivity contribution in [3.63, 3.8) is 0 Å². The monoisotopic (exact) mass is 372 g/mol. The Morgan fingerprint density at radius 1 is 1.11 bits per heavy atom. The third kappa shape index (κ3) is 5.15. The number of rotatable bonds is 6. The fourth-order valence-corrected chi connectivity index (χ4v) is 3.85. The number of nitrogens with zero attached hydrogens (tertiary/aromatic N) is 3. The molecule has 0 aliphatic carbocycles. The average Bonchev–Trinajstić information content (AvgIpc) is 3.03. The molecule has 6 heteroatoms. The maximum absolute atomic E-state index is 12.8. The second kappa shape index (κ2) is 9.11. The summed E-state index contributed by atoms with van der Waals surface area (Å²) in [7, 11) is 0. The molecule has 27 heavy (non-hydrogen) atoms. The highest BCUT2D eigenvalue weighted by Crippen LogP contribution is 2.22. The molecular formula is C21H32N4O2. The molecular weight excluding hydrogens is 340 g/mol. The number of carbonyl (C=O) groups excluding carboxylic acids is 2. The molecule has 2 aliphatic heterocycles. The molecule has 0 atom stereocenters. The third-order valence-electron chi connectivity index (χ3n) is 5.53. The largest absolute Gasteiger partial charge is 0.338 e. The molecule has 3 rings (SSSR count). The number of likely N-dealkylation sites (tertiary alicyclic amines) is 1. The first kappa shape index (κ1) is 19.5. The van der Waals surface area contributed by atoms with Gasteiger partial charge in [-0.25, -0.2) is 9.59 Å². The van der Waals surface area contributed by atoms with Gasteiger partial charge in [-0.05, 0) is 30.7 Å². The first-order valence-electron chi connectivity index (χ1n) is 10.2. The molecule has 0 spiro atoms. The van der Waals surface area contributed by atoms with Crippen molar-refractivity contribution in [1.82, 2.24) is 20.0 Å². The van der Waals surface area contributed by atoms with Crippen molar-refractivity contribution in [2.45, 2.75) is 45.7 Å². The summed E-state index contributed by atoms with van der Waals surface area (Å²) in [5.41, 5.74) is 1.17. The van der Waals surface area contributed by atoms with Gasteiger partial charge in [0, 0.05) is 45.3 Å². The van der Waals surface area contributed by atoms with E-state index in [1.54, 1.807) is 0 Å². The van der Waals surface area contributed by atoms with Crippen LogP contribution in [-0.2, 0) is 6.54 Å². The van der Waals surface area contributed by atoms with Crippen LogP contribution in [0.15, 0.2) is 30.3 Å². The summed E-state index contributed by atoms with van der Waals surface area (Å²) in [6, 6.07) is 10.6. The van der Waals surface area contributed by atoms with Gasteiger partial charge in [0.05, 0.1) is 0 Å². The van der Waals surface area contributed by atoms with Gasteiger partial charge < -0.3 is 20.0 Å². The number of nitrogens with one attached hydrogen (secondary N) is 1. The van der Waals surface area contributed by atoms with E-state index < -0.39 is 0 Å². The molecule has 4 amide bonds. The van der Waals surface area contributed by atoms with Crippen LogP contribution in [0.3, 0.4) is 0 Å². The average molecular weight is 373 g/mol. The Hall–Kier alpha value is -2.24. The van der Waals surface area contributed by atoms with Crippen molar-refractivity contribution in [3.05, 3.63) is 35.9 Å². The van der Waals surface area contributed by atoms with E-state index in [9.17, 15) is 9.59 Å². The molecule has 0 radical (unpaired) electrons. The van der Waals surface area contributed by atoms with Crippen LogP contribution in [0, 0.1) is 5.92 Å². The van der Waals surface area contributed by atoms with Gasteiger partial charge in [0.2, 0.25) is 0 Å². The second-order valence-electron chi connectivity index (χ2n) is 8.02. The topological polar surface area (TPSA) is 55.9 Å². The zero-order valence-electron chi connectivity index (χ0n) is 16.6. The molecule has 0 saturated carbocycles. The van der Waals surface area contributed by atoms with Crippen molar-refractivity contribution in [1.29, 1.82) is 0 Å². The van der Waals surface area contributed by atoms with Gasteiger partial charge in [-0.1, -0.05) is 44.2 Å². The number of urea groups is 2. The lowest BCUT2D eigenvalue weighted by Crippen LogP contribution is -2.50. The van der Waals surface area contributed by atoms with Gasteiger partial charge in [-0.2, -0.15) is 0 Å². The van der Waals surface area contributed by atoms with Crippen LogP contribution >= 0.6 is 0 Å². The van der Waals surface area contributed by atoms with E-state index in [1.165, 1.54) is 5.56 Å². The highest BCUT2D eigenvalue weighted by Gasteiger charge is 2.35. The Labute approximate surface area is 162 Å². The maximum atomic E-state index is 12.8. The fourth-order valence-electron chi connectivity index (χ4n) is 3.85. The summed E-state index contributed by atoms with van der Waals surface area (Å²) in [5.74, 6) is 0.594. The first-order valence-corrected chi connectivity index (χ1v) is 10.2. The highest BCUT2D eigenvalue weighted by atomic mass is 16.2. The predicted molar refractivity (Wildman–Crippen MR) is 106 cm³/mol. The molecule has 1 aromatic rings. The van der Waals surface area contributed by atoms with E-state index in [-0.39, 0.29) is 18.1 Å². The summed E-state index contributed by atoms with van der Waals surface area (Å²) in [6.45, 7) is 8.74. The molecule has 1 N–H and O–H groups in total. The van der Waals surface area contributed by atoms with Crippen LogP contribution in [0.2, 0.25) is 0 Å². The van der Waals surface area contributed by atoms with Crippen molar-refractivity contribution >= 4 is 12.1 Å².